The van der Waals surface area contributed by atoms with Gasteiger partial charge in [0.25, 0.3) is 17.5 Å². The molecule has 166 valence electrons. The summed E-state index contributed by atoms with van der Waals surface area (Å²) in [6.45, 7) is 7.54. The monoisotopic (exact) mass is 436 g/mol. The van der Waals surface area contributed by atoms with E-state index in [-0.39, 0.29) is 22.8 Å². The van der Waals surface area contributed by atoms with Crippen LogP contribution < -0.4 is 10.6 Å². The Hall–Kier alpha value is -4.08. The van der Waals surface area contributed by atoms with Gasteiger partial charge in [0, 0.05) is 28.9 Å². The molecule has 0 saturated heterocycles. The summed E-state index contributed by atoms with van der Waals surface area (Å²) >= 11 is 0. The molecule has 10 nitrogen and oxygen atoms in total. The first-order valence-electron chi connectivity index (χ1n) is 10.0. The van der Waals surface area contributed by atoms with E-state index < -0.39 is 10.8 Å². The lowest BCUT2D eigenvalue weighted by Crippen LogP contribution is -2.42. The van der Waals surface area contributed by atoms with Crippen LogP contribution in [0.2, 0.25) is 0 Å². The molecule has 0 atom stereocenters. The zero-order chi connectivity index (χ0) is 23.5. The summed E-state index contributed by atoms with van der Waals surface area (Å²) in [5.74, 6) is -0.672. The third kappa shape index (κ3) is 4.97. The van der Waals surface area contributed by atoms with Gasteiger partial charge in [-0.3, -0.25) is 19.7 Å². The number of nitrogens with one attached hydrogen (secondary N) is 2. The van der Waals surface area contributed by atoms with E-state index in [0.29, 0.717) is 22.6 Å². The molecule has 0 aliphatic heterocycles. The maximum Gasteiger partial charge on any atom is 0.278 e. The van der Waals surface area contributed by atoms with Gasteiger partial charge in [-0.25, -0.2) is 4.68 Å². The van der Waals surface area contributed by atoms with Crippen molar-refractivity contribution < 1.29 is 14.5 Å². The normalized spacial score (nSPS) is 11.1. The Morgan fingerprint density at radius 3 is 2.44 bits per heavy atom. The van der Waals surface area contributed by atoms with Gasteiger partial charge in [-0.1, -0.05) is 18.2 Å². The summed E-state index contributed by atoms with van der Waals surface area (Å²) in [6, 6.07) is 12.4. The second-order valence-corrected chi connectivity index (χ2v) is 7.94. The molecule has 1 aromatic heterocycles. The largest absolute Gasteiger partial charge is 0.347 e. The summed E-state index contributed by atoms with van der Waals surface area (Å²) in [5.41, 5.74) is 1.52. The van der Waals surface area contributed by atoms with Crippen molar-refractivity contribution in [1.29, 1.82) is 0 Å². The van der Waals surface area contributed by atoms with Gasteiger partial charge in [0.15, 0.2) is 5.69 Å². The zero-order valence-corrected chi connectivity index (χ0v) is 18.2. The number of anilines is 1. The molecule has 0 saturated carbocycles. The molecule has 0 spiro atoms. The van der Waals surface area contributed by atoms with Crippen molar-refractivity contribution in [2.75, 3.05) is 5.32 Å². The maximum atomic E-state index is 12.7. The first-order valence-corrected chi connectivity index (χ1v) is 10.0. The number of amides is 2. The lowest BCUT2D eigenvalue weighted by Gasteiger charge is -2.24. The molecule has 32 heavy (non-hydrogen) atoms. The Balaban J connectivity index is 1.74. The average molecular weight is 436 g/mol. The Morgan fingerprint density at radius 2 is 1.81 bits per heavy atom. The fourth-order valence-electron chi connectivity index (χ4n) is 2.89. The second kappa shape index (κ2) is 8.96. The minimum Gasteiger partial charge on any atom is -0.347 e. The maximum absolute atomic E-state index is 12.7. The van der Waals surface area contributed by atoms with Crippen LogP contribution in [-0.4, -0.2) is 37.3 Å². The molecule has 0 radical (unpaired) electrons. The number of nitro benzene ring substituents is 1. The standard InChI is InChI=1S/C22H24N6O4/c1-5-22(3,4)24-20(29)15-9-11-16(12-10-15)23-21(30)19-14(2)27(26-25-19)17-7-6-8-18(13-17)28(31)32/h6-13H,5H2,1-4H3,(H,23,30)(H,24,29). The number of carbonyl (C=O) groups is 2. The molecule has 2 N–H and O–H groups in total. The number of non-ortho nitro benzene ring substituents is 1. The first kappa shape index (κ1) is 22.6. The van der Waals surface area contributed by atoms with Gasteiger partial charge in [0.2, 0.25) is 0 Å². The predicted molar refractivity (Wildman–Crippen MR) is 119 cm³/mol. The van der Waals surface area contributed by atoms with E-state index in [1.807, 2.05) is 20.8 Å². The van der Waals surface area contributed by atoms with Crippen molar-refractivity contribution in [3.63, 3.8) is 0 Å². The number of hydrogen-bond acceptors (Lipinski definition) is 6. The van der Waals surface area contributed by atoms with Gasteiger partial charge in [-0.05, 0) is 57.5 Å². The molecule has 2 amide bonds. The van der Waals surface area contributed by atoms with E-state index in [2.05, 4.69) is 20.9 Å². The quantitative estimate of drug-likeness (QED) is 0.429. The molecule has 0 aliphatic carbocycles. The van der Waals surface area contributed by atoms with Crippen LogP contribution in [0, 0.1) is 17.0 Å². The predicted octanol–water partition coefficient (Wildman–Crippen LogP) is 3.65. The van der Waals surface area contributed by atoms with Gasteiger partial charge in [-0.15, -0.1) is 5.10 Å². The number of nitro groups is 1. The summed E-state index contributed by atoms with van der Waals surface area (Å²) in [4.78, 5) is 35.5. The molecule has 0 aliphatic rings. The van der Waals surface area contributed by atoms with Crippen LogP contribution in [0.15, 0.2) is 48.5 Å². The molecule has 0 fully saturated rings. The van der Waals surface area contributed by atoms with E-state index in [9.17, 15) is 19.7 Å². The van der Waals surface area contributed by atoms with Crippen LogP contribution >= 0.6 is 0 Å². The van der Waals surface area contributed by atoms with E-state index in [4.69, 9.17) is 0 Å². The van der Waals surface area contributed by atoms with Crippen molar-refractivity contribution in [3.05, 3.63) is 75.6 Å². The minimum atomic E-state index is -0.503. The van der Waals surface area contributed by atoms with Gasteiger partial charge in [-0.2, -0.15) is 0 Å². The molecule has 2 aromatic carbocycles. The highest BCUT2D eigenvalue weighted by Gasteiger charge is 2.20. The Kier molecular flexibility index (Phi) is 6.33. The van der Waals surface area contributed by atoms with Crippen molar-refractivity contribution in [2.24, 2.45) is 0 Å². The number of aromatic nitrogens is 3. The third-order valence-corrected chi connectivity index (χ3v) is 5.14. The van der Waals surface area contributed by atoms with E-state index in [1.54, 1.807) is 37.3 Å². The Morgan fingerprint density at radius 1 is 1.12 bits per heavy atom. The first-order chi connectivity index (χ1) is 15.1. The second-order valence-electron chi connectivity index (χ2n) is 7.94. The van der Waals surface area contributed by atoms with Crippen LogP contribution in [0.5, 0.6) is 0 Å². The lowest BCUT2D eigenvalue weighted by molar-refractivity contribution is -0.384. The molecular weight excluding hydrogens is 412 g/mol. The van der Waals surface area contributed by atoms with Crippen molar-refractivity contribution in [3.8, 4) is 5.69 Å². The molecule has 1 heterocycles. The van der Waals surface area contributed by atoms with Crippen LogP contribution in [0.4, 0.5) is 11.4 Å². The highest BCUT2D eigenvalue weighted by molar-refractivity contribution is 6.04. The van der Waals surface area contributed by atoms with Gasteiger partial charge in [0.1, 0.15) is 0 Å². The lowest BCUT2D eigenvalue weighted by atomic mass is 10.0. The summed E-state index contributed by atoms with van der Waals surface area (Å²) in [7, 11) is 0. The number of rotatable bonds is 7. The molecule has 10 heteroatoms. The van der Waals surface area contributed by atoms with Gasteiger partial charge in [0.05, 0.1) is 16.3 Å². The molecule has 0 bridgehead atoms. The van der Waals surface area contributed by atoms with Gasteiger partial charge >= 0.3 is 0 Å². The summed E-state index contributed by atoms with van der Waals surface area (Å²) < 4.78 is 1.37. The zero-order valence-electron chi connectivity index (χ0n) is 18.2. The fraction of sp³-hybridized carbons (Fsp3) is 0.273. The Labute approximate surface area is 184 Å². The van der Waals surface area contributed by atoms with Crippen LogP contribution in [0.3, 0.4) is 0 Å². The van der Waals surface area contributed by atoms with E-state index in [0.717, 1.165) is 6.42 Å². The highest BCUT2D eigenvalue weighted by atomic mass is 16.6. The van der Waals surface area contributed by atoms with E-state index >= 15 is 0 Å². The van der Waals surface area contributed by atoms with Gasteiger partial charge < -0.3 is 10.6 Å². The third-order valence-electron chi connectivity index (χ3n) is 5.14. The topological polar surface area (TPSA) is 132 Å². The number of benzene rings is 2. The SMILES string of the molecule is CCC(C)(C)NC(=O)c1ccc(NC(=O)c2nnn(-c3cccc([N+](=O)[O-])c3)c2C)cc1. The number of hydrogen-bond donors (Lipinski definition) is 2. The smallest absolute Gasteiger partial charge is 0.278 e. The summed E-state index contributed by atoms with van der Waals surface area (Å²) in [6.07, 6.45) is 0.795. The molecular formula is C22H24N6O4. The highest BCUT2D eigenvalue weighted by Crippen LogP contribution is 2.19. The van der Waals surface area contributed by atoms with Crippen LogP contribution in [0.25, 0.3) is 5.69 Å². The van der Waals surface area contributed by atoms with Crippen molar-refractivity contribution in [1.82, 2.24) is 20.3 Å². The van der Waals surface area contributed by atoms with Crippen molar-refractivity contribution >= 4 is 23.2 Å². The molecule has 3 rings (SSSR count). The fourth-order valence-corrected chi connectivity index (χ4v) is 2.89. The summed E-state index contributed by atoms with van der Waals surface area (Å²) in [5, 5.41) is 24.6. The van der Waals surface area contributed by atoms with E-state index in [1.165, 1.54) is 22.9 Å². The number of carbonyl (C=O) groups excluding carboxylic acids is 2. The van der Waals surface area contributed by atoms with Crippen LogP contribution in [0.1, 0.15) is 53.7 Å². The molecule has 3 aromatic rings. The minimum absolute atomic E-state index is 0.0861. The number of nitrogens with zero attached hydrogens (tertiary/aromatic N) is 4. The molecule has 0 unspecified atom stereocenters. The van der Waals surface area contributed by atoms with Crippen molar-refractivity contribution in [2.45, 2.75) is 39.7 Å². The Bertz CT molecular complexity index is 1170. The average Bonchev–Trinajstić information content (AvgIpc) is 3.15. The van der Waals surface area contributed by atoms with Crippen LogP contribution in [-0.2, 0) is 0 Å².